The van der Waals surface area contributed by atoms with Gasteiger partial charge in [-0.3, -0.25) is 14.5 Å². The Hall–Kier alpha value is -1.14. The number of primary amides is 1. The molecule has 0 saturated heterocycles. The number of ether oxygens (including phenoxy) is 1. The van der Waals surface area contributed by atoms with E-state index in [0.29, 0.717) is 26.2 Å². The number of hydrogen-bond acceptors (Lipinski definition) is 4. The molecule has 0 aliphatic heterocycles. The van der Waals surface area contributed by atoms with Gasteiger partial charge in [-0.2, -0.15) is 0 Å². The number of nitrogens with zero attached hydrogens (tertiary/aromatic N) is 2. The summed E-state index contributed by atoms with van der Waals surface area (Å²) in [6, 6.07) is -0.473. The molecule has 0 rings (SSSR count). The molecule has 0 saturated carbocycles. The van der Waals surface area contributed by atoms with E-state index in [1.165, 1.54) is 0 Å². The molecular weight excluding hydrogens is 234 g/mol. The second-order valence-corrected chi connectivity index (χ2v) is 4.11. The Morgan fingerprint density at radius 2 is 1.83 bits per heavy atom. The van der Waals surface area contributed by atoms with Gasteiger partial charge in [0.1, 0.15) is 0 Å². The first-order valence-corrected chi connectivity index (χ1v) is 6.27. The van der Waals surface area contributed by atoms with E-state index >= 15 is 0 Å². The smallest absolute Gasteiger partial charge is 0.236 e. The summed E-state index contributed by atoms with van der Waals surface area (Å²) in [7, 11) is 1.58. The standard InChI is InChI=1S/C12H25N3O3/c1-5-14(6-2)11(16)9-15(7-8-18-4)10(3)12(13)17/h10H,5-9H2,1-4H3,(H2,13,17). The van der Waals surface area contributed by atoms with E-state index in [1.54, 1.807) is 23.8 Å². The third kappa shape index (κ3) is 5.46. The minimum Gasteiger partial charge on any atom is -0.383 e. The molecule has 2 N–H and O–H groups in total. The zero-order chi connectivity index (χ0) is 14.1. The van der Waals surface area contributed by atoms with Gasteiger partial charge in [-0.25, -0.2) is 0 Å². The summed E-state index contributed by atoms with van der Waals surface area (Å²) < 4.78 is 4.98. The van der Waals surface area contributed by atoms with Crippen LogP contribution in [0.4, 0.5) is 0 Å². The van der Waals surface area contributed by atoms with Crippen LogP contribution in [0.5, 0.6) is 0 Å². The molecule has 18 heavy (non-hydrogen) atoms. The molecule has 1 unspecified atom stereocenters. The van der Waals surface area contributed by atoms with Crippen molar-refractivity contribution in [3.63, 3.8) is 0 Å². The molecule has 0 aliphatic carbocycles. The van der Waals surface area contributed by atoms with E-state index in [0.717, 1.165) is 0 Å². The van der Waals surface area contributed by atoms with E-state index in [-0.39, 0.29) is 12.5 Å². The molecule has 0 heterocycles. The Labute approximate surface area is 109 Å². The Morgan fingerprint density at radius 3 is 2.22 bits per heavy atom. The highest BCUT2D eigenvalue weighted by molar-refractivity contribution is 5.82. The first-order chi connectivity index (χ1) is 8.47. The van der Waals surface area contributed by atoms with Gasteiger partial charge in [-0.1, -0.05) is 0 Å². The zero-order valence-electron chi connectivity index (χ0n) is 11.8. The molecule has 0 radical (unpaired) electrons. The SMILES string of the molecule is CCN(CC)C(=O)CN(CCOC)C(C)C(N)=O. The Kier molecular flexibility index (Phi) is 8.32. The molecule has 0 bridgehead atoms. The maximum Gasteiger partial charge on any atom is 0.236 e. The number of methoxy groups -OCH3 is 1. The van der Waals surface area contributed by atoms with Gasteiger partial charge in [0.25, 0.3) is 0 Å². The second-order valence-electron chi connectivity index (χ2n) is 4.11. The first kappa shape index (κ1) is 16.9. The minimum absolute atomic E-state index is 0.00389. The fraction of sp³-hybridized carbons (Fsp3) is 0.833. The van der Waals surface area contributed by atoms with Crippen LogP contribution in [0.25, 0.3) is 0 Å². The van der Waals surface area contributed by atoms with E-state index in [1.807, 2.05) is 13.8 Å². The van der Waals surface area contributed by atoms with E-state index < -0.39 is 11.9 Å². The van der Waals surface area contributed by atoms with Crippen LogP contribution in [0.2, 0.25) is 0 Å². The number of likely N-dealkylation sites (N-methyl/N-ethyl adjacent to an activating group) is 1. The summed E-state index contributed by atoms with van der Waals surface area (Å²) in [5.74, 6) is -0.428. The molecule has 0 aliphatic rings. The molecule has 0 aromatic heterocycles. The molecule has 6 heteroatoms. The summed E-state index contributed by atoms with van der Waals surface area (Å²) >= 11 is 0. The zero-order valence-corrected chi connectivity index (χ0v) is 11.8. The van der Waals surface area contributed by atoms with Crippen LogP contribution in [0.3, 0.4) is 0 Å². The molecule has 0 spiro atoms. The predicted molar refractivity (Wildman–Crippen MR) is 70.0 cm³/mol. The molecular formula is C12H25N3O3. The maximum atomic E-state index is 12.0. The highest BCUT2D eigenvalue weighted by Gasteiger charge is 2.22. The van der Waals surface area contributed by atoms with Crippen molar-refractivity contribution in [2.24, 2.45) is 5.73 Å². The van der Waals surface area contributed by atoms with Crippen molar-refractivity contribution >= 4 is 11.8 Å². The van der Waals surface area contributed by atoms with Crippen molar-refractivity contribution in [2.75, 3.05) is 39.9 Å². The average molecular weight is 259 g/mol. The van der Waals surface area contributed by atoms with Crippen LogP contribution in [0.1, 0.15) is 20.8 Å². The molecule has 2 amide bonds. The highest BCUT2D eigenvalue weighted by atomic mass is 16.5. The highest BCUT2D eigenvalue weighted by Crippen LogP contribution is 2.01. The van der Waals surface area contributed by atoms with E-state index in [2.05, 4.69) is 0 Å². The molecule has 0 fully saturated rings. The van der Waals surface area contributed by atoms with Crippen molar-refractivity contribution < 1.29 is 14.3 Å². The summed E-state index contributed by atoms with van der Waals surface area (Å²) in [5, 5.41) is 0. The molecule has 6 nitrogen and oxygen atoms in total. The lowest BCUT2D eigenvalue weighted by Crippen LogP contribution is -2.49. The van der Waals surface area contributed by atoms with Gasteiger partial charge in [0.15, 0.2) is 0 Å². The van der Waals surface area contributed by atoms with Crippen molar-refractivity contribution in [2.45, 2.75) is 26.8 Å². The van der Waals surface area contributed by atoms with Crippen LogP contribution in [-0.2, 0) is 14.3 Å². The van der Waals surface area contributed by atoms with Gasteiger partial charge >= 0.3 is 0 Å². The van der Waals surface area contributed by atoms with Gasteiger partial charge in [-0.05, 0) is 20.8 Å². The third-order valence-electron chi connectivity index (χ3n) is 3.00. The average Bonchev–Trinajstić information content (AvgIpc) is 2.34. The van der Waals surface area contributed by atoms with Crippen molar-refractivity contribution in [3.05, 3.63) is 0 Å². The number of amides is 2. The van der Waals surface area contributed by atoms with E-state index in [9.17, 15) is 9.59 Å². The lowest BCUT2D eigenvalue weighted by Gasteiger charge is -2.28. The Morgan fingerprint density at radius 1 is 1.28 bits per heavy atom. The normalized spacial score (nSPS) is 12.5. The van der Waals surface area contributed by atoms with Crippen molar-refractivity contribution in [3.8, 4) is 0 Å². The molecule has 106 valence electrons. The molecule has 0 aromatic rings. The van der Waals surface area contributed by atoms with Gasteiger partial charge in [0, 0.05) is 26.7 Å². The fourth-order valence-corrected chi connectivity index (χ4v) is 1.65. The Balaban J connectivity index is 4.57. The number of carbonyl (C=O) groups excluding carboxylic acids is 2. The lowest BCUT2D eigenvalue weighted by atomic mass is 10.2. The Bertz CT molecular complexity index is 267. The maximum absolute atomic E-state index is 12.0. The number of carbonyl (C=O) groups is 2. The van der Waals surface area contributed by atoms with Gasteiger partial charge in [-0.15, -0.1) is 0 Å². The summed E-state index contributed by atoms with van der Waals surface area (Å²) in [5.41, 5.74) is 5.28. The van der Waals surface area contributed by atoms with Crippen LogP contribution in [0.15, 0.2) is 0 Å². The second kappa shape index (κ2) is 8.88. The van der Waals surface area contributed by atoms with Crippen LogP contribution >= 0.6 is 0 Å². The minimum atomic E-state index is -0.473. The van der Waals surface area contributed by atoms with Crippen LogP contribution < -0.4 is 5.73 Å². The fourth-order valence-electron chi connectivity index (χ4n) is 1.65. The summed E-state index contributed by atoms with van der Waals surface area (Å²) in [4.78, 5) is 26.7. The topological polar surface area (TPSA) is 75.9 Å². The summed E-state index contributed by atoms with van der Waals surface area (Å²) in [6.45, 7) is 8.05. The van der Waals surface area contributed by atoms with Crippen LogP contribution in [-0.4, -0.2) is 67.6 Å². The van der Waals surface area contributed by atoms with Crippen molar-refractivity contribution in [1.29, 1.82) is 0 Å². The van der Waals surface area contributed by atoms with E-state index in [4.69, 9.17) is 10.5 Å². The largest absolute Gasteiger partial charge is 0.383 e. The van der Waals surface area contributed by atoms with Crippen molar-refractivity contribution in [1.82, 2.24) is 9.80 Å². The number of rotatable bonds is 9. The monoisotopic (exact) mass is 259 g/mol. The van der Waals surface area contributed by atoms with Crippen LogP contribution in [0, 0.1) is 0 Å². The van der Waals surface area contributed by atoms with Gasteiger partial charge < -0.3 is 15.4 Å². The predicted octanol–water partition coefficient (Wildman–Crippen LogP) is -0.323. The third-order valence-corrected chi connectivity index (χ3v) is 3.00. The first-order valence-electron chi connectivity index (χ1n) is 6.27. The molecule has 0 aromatic carbocycles. The molecule has 1 atom stereocenters. The number of nitrogens with two attached hydrogens (primary N) is 1. The van der Waals surface area contributed by atoms with Gasteiger partial charge in [0.2, 0.25) is 11.8 Å². The lowest BCUT2D eigenvalue weighted by molar-refractivity contribution is -0.134. The quantitative estimate of drug-likeness (QED) is 0.615. The number of hydrogen-bond donors (Lipinski definition) is 1. The summed E-state index contributed by atoms with van der Waals surface area (Å²) in [6.07, 6.45) is 0. The van der Waals surface area contributed by atoms with Gasteiger partial charge in [0.05, 0.1) is 19.2 Å².